The van der Waals surface area contributed by atoms with Gasteiger partial charge in [0.05, 0.1) is 50.6 Å². The summed E-state index contributed by atoms with van der Waals surface area (Å²) in [6, 6.07) is 18.5. The van der Waals surface area contributed by atoms with Crippen LogP contribution in [-0.4, -0.2) is 36.8 Å². The molecule has 0 radical (unpaired) electrons. The van der Waals surface area contributed by atoms with Crippen LogP contribution in [0.15, 0.2) is 65.2 Å². The lowest BCUT2D eigenvalue weighted by Gasteiger charge is -2.32. The second-order valence-corrected chi connectivity index (χ2v) is 9.56. The first-order valence-corrected chi connectivity index (χ1v) is 12.2. The first-order chi connectivity index (χ1) is 17.9. The Hall–Kier alpha value is -4.08. The number of nitrogen functional groups attached to an aromatic ring is 1. The summed E-state index contributed by atoms with van der Waals surface area (Å²) in [6.45, 7) is 1.11. The molecular formula is C26H23Cl2N7O2. The summed E-state index contributed by atoms with van der Waals surface area (Å²) >= 11 is 13.0. The van der Waals surface area contributed by atoms with E-state index in [2.05, 4.69) is 15.4 Å². The number of fused-ring (bicyclic) bond motifs is 1. The predicted octanol–water partition coefficient (Wildman–Crippen LogP) is 5.27. The zero-order chi connectivity index (χ0) is 26.2. The molecule has 1 saturated heterocycles. The summed E-state index contributed by atoms with van der Waals surface area (Å²) < 4.78 is 5.52. The third-order valence-corrected chi connectivity index (χ3v) is 7.22. The topological polar surface area (TPSA) is 135 Å². The highest BCUT2D eigenvalue weighted by molar-refractivity contribution is 6.40. The Balaban J connectivity index is 1.51. The summed E-state index contributed by atoms with van der Waals surface area (Å²) in [5.74, 6) is -0.0957. The van der Waals surface area contributed by atoms with E-state index in [0.717, 1.165) is 29.3 Å². The minimum absolute atomic E-state index is 0.119. The van der Waals surface area contributed by atoms with E-state index in [1.54, 1.807) is 0 Å². The lowest BCUT2D eigenvalue weighted by Crippen LogP contribution is -2.48. The van der Waals surface area contributed by atoms with Crippen LogP contribution in [0.25, 0.3) is 11.0 Å². The van der Waals surface area contributed by atoms with Crippen molar-refractivity contribution in [1.29, 1.82) is 10.8 Å². The fourth-order valence-corrected chi connectivity index (χ4v) is 5.44. The first-order valence-electron chi connectivity index (χ1n) is 11.4. The van der Waals surface area contributed by atoms with Gasteiger partial charge < -0.3 is 20.5 Å². The van der Waals surface area contributed by atoms with Gasteiger partial charge in [-0.25, -0.2) is 0 Å². The second-order valence-electron chi connectivity index (χ2n) is 8.75. The molecule has 37 heavy (non-hydrogen) atoms. The number of para-hydroxylation sites is 1. The van der Waals surface area contributed by atoms with Gasteiger partial charge in [-0.05, 0) is 36.2 Å². The third-order valence-electron chi connectivity index (χ3n) is 6.62. The van der Waals surface area contributed by atoms with Crippen molar-refractivity contribution in [3.8, 4) is 0 Å². The average molecular weight is 536 g/mol. The van der Waals surface area contributed by atoms with Gasteiger partial charge in [0.15, 0.2) is 11.4 Å². The van der Waals surface area contributed by atoms with Gasteiger partial charge in [-0.1, -0.05) is 64.8 Å². The van der Waals surface area contributed by atoms with Crippen LogP contribution >= 0.6 is 23.2 Å². The molecule has 1 aliphatic rings. The zero-order valence-corrected chi connectivity index (χ0v) is 21.1. The molecule has 1 unspecified atom stereocenters. The van der Waals surface area contributed by atoms with Crippen molar-refractivity contribution >= 4 is 69.9 Å². The molecule has 0 aliphatic carbocycles. The Morgan fingerprint density at radius 3 is 2.49 bits per heavy atom. The highest BCUT2D eigenvalue weighted by Gasteiger charge is 2.42. The summed E-state index contributed by atoms with van der Waals surface area (Å²) in [4.78, 5) is 17.0. The molecular weight excluding hydrogens is 513 g/mol. The van der Waals surface area contributed by atoms with E-state index in [9.17, 15) is 4.79 Å². The lowest BCUT2D eigenvalue weighted by atomic mass is 9.88. The van der Waals surface area contributed by atoms with Gasteiger partial charge in [0.1, 0.15) is 0 Å². The number of amides is 1. The Labute approximate surface area is 222 Å². The number of nitrogens with zero attached hydrogens (tertiary/aromatic N) is 3. The van der Waals surface area contributed by atoms with E-state index >= 15 is 0 Å². The molecule has 188 valence electrons. The molecule has 5 rings (SSSR count). The number of rotatable bonds is 7. The summed E-state index contributed by atoms with van der Waals surface area (Å²) in [6.07, 6.45) is 2.52. The highest BCUT2D eigenvalue weighted by Crippen LogP contribution is 2.39. The second kappa shape index (κ2) is 9.76. The van der Waals surface area contributed by atoms with Gasteiger partial charge in [0.25, 0.3) is 5.91 Å². The number of aromatic nitrogens is 1. The van der Waals surface area contributed by atoms with Gasteiger partial charge in [-0.3, -0.25) is 20.5 Å². The molecule has 1 aromatic heterocycles. The van der Waals surface area contributed by atoms with Crippen LogP contribution in [-0.2, 0) is 5.54 Å². The van der Waals surface area contributed by atoms with Crippen molar-refractivity contribution in [1.82, 2.24) is 10.5 Å². The molecule has 1 fully saturated rings. The van der Waals surface area contributed by atoms with Gasteiger partial charge in [0, 0.05) is 13.1 Å². The average Bonchev–Trinajstić information content (AvgIpc) is 3.49. The highest BCUT2D eigenvalue weighted by atomic mass is 35.5. The molecule has 9 nitrogen and oxygen atoms in total. The number of hydrogen-bond donors (Lipinski definition) is 4. The lowest BCUT2D eigenvalue weighted by molar-refractivity contribution is 0.0905. The molecule has 11 heteroatoms. The molecule has 4 aromatic rings. The van der Waals surface area contributed by atoms with Gasteiger partial charge in [-0.15, -0.1) is 0 Å². The number of nitrogens with one attached hydrogen (secondary N) is 3. The summed E-state index contributed by atoms with van der Waals surface area (Å²) in [7, 11) is 0. The molecule has 1 amide bonds. The van der Waals surface area contributed by atoms with Gasteiger partial charge >= 0.3 is 0 Å². The Bertz CT molecular complexity index is 1480. The van der Waals surface area contributed by atoms with Crippen LogP contribution in [0.1, 0.15) is 22.3 Å². The molecule has 0 bridgehead atoms. The molecule has 3 aromatic carbocycles. The van der Waals surface area contributed by atoms with Crippen LogP contribution in [0.4, 0.5) is 17.2 Å². The smallest absolute Gasteiger partial charge is 0.255 e. The molecule has 0 spiro atoms. The predicted molar refractivity (Wildman–Crippen MR) is 147 cm³/mol. The monoisotopic (exact) mass is 535 g/mol. The molecule has 0 saturated carbocycles. The number of benzene rings is 3. The standard InChI is InChI=1S/C26H23Cl2N7O2/c27-19-11-17(35(14-29)15-30)12-20(28)22(19)25(36)32-26(16-5-2-1-3-6-16)9-10-34(13-26)21-8-4-7-18-23(21)37-33-24(18)31/h1-8,11-12,14-15,29-30H,9-10,13H2,(H2,31,33)(H,32,36). The summed E-state index contributed by atoms with van der Waals surface area (Å²) in [5, 5.41) is 23.0. The maximum absolute atomic E-state index is 13.7. The van der Waals surface area contributed by atoms with Crippen LogP contribution in [0, 0.1) is 10.8 Å². The molecule has 1 aliphatic heterocycles. The fourth-order valence-electron chi connectivity index (χ4n) is 4.79. The van der Waals surface area contributed by atoms with E-state index in [-0.39, 0.29) is 15.6 Å². The van der Waals surface area contributed by atoms with Crippen molar-refractivity contribution in [2.45, 2.75) is 12.0 Å². The van der Waals surface area contributed by atoms with Crippen LogP contribution in [0.5, 0.6) is 0 Å². The number of carbonyl (C=O) groups excluding carboxylic acids is 1. The van der Waals surface area contributed by atoms with E-state index in [4.69, 9.17) is 44.3 Å². The van der Waals surface area contributed by atoms with Crippen molar-refractivity contribution in [3.05, 3.63) is 81.8 Å². The largest absolute Gasteiger partial charge is 0.380 e. The maximum Gasteiger partial charge on any atom is 0.255 e. The van der Waals surface area contributed by atoms with E-state index < -0.39 is 11.4 Å². The van der Waals surface area contributed by atoms with E-state index in [1.807, 2.05) is 48.5 Å². The number of anilines is 3. The van der Waals surface area contributed by atoms with Gasteiger partial charge in [-0.2, -0.15) is 0 Å². The van der Waals surface area contributed by atoms with E-state index in [1.165, 1.54) is 17.0 Å². The number of halogens is 2. The summed E-state index contributed by atoms with van der Waals surface area (Å²) in [5.41, 5.74) is 8.13. The van der Waals surface area contributed by atoms with Gasteiger partial charge in [0.2, 0.25) is 0 Å². The fraction of sp³-hybridized carbons (Fsp3) is 0.154. The number of nitrogens with two attached hydrogens (primary N) is 1. The third kappa shape index (κ3) is 4.36. The SMILES string of the molecule is N=CN(C=N)c1cc(Cl)c(C(=O)NC2(c3ccccc3)CCN(c3cccc4c(N)noc34)C2)c(Cl)c1. The Morgan fingerprint density at radius 2 is 1.81 bits per heavy atom. The zero-order valence-electron chi connectivity index (χ0n) is 19.5. The number of carbonyl (C=O) groups is 1. The van der Waals surface area contributed by atoms with E-state index in [0.29, 0.717) is 36.6 Å². The Kier molecular flexibility index (Phi) is 6.49. The van der Waals surface area contributed by atoms with Crippen molar-refractivity contribution in [2.75, 3.05) is 28.6 Å². The van der Waals surface area contributed by atoms with Crippen molar-refractivity contribution < 1.29 is 9.32 Å². The van der Waals surface area contributed by atoms with Crippen LogP contribution < -0.4 is 20.9 Å². The molecule has 5 N–H and O–H groups in total. The normalized spacial score (nSPS) is 17.1. The molecule has 2 heterocycles. The van der Waals surface area contributed by atoms with Crippen LogP contribution in [0.2, 0.25) is 10.0 Å². The maximum atomic E-state index is 13.7. The van der Waals surface area contributed by atoms with Crippen molar-refractivity contribution in [3.63, 3.8) is 0 Å². The Morgan fingerprint density at radius 1 is 1.11 bits per heavy atom. The quantitative estimate of drug-likeness (QED) is 0.188. The number of hydrogen-bond acceptors (Lipinski definition) is 7. The minimum atomic E-state index is -0.743. The first kappa shape index (κ1) is 24.6. The van der Waals surface area contributed by atoms with Crippen LogP contribution in [0.3, 0.4) is 0 Å². The molecule has 1 atom stereocenters. The minimum Gasteiger partial charge on any atom is -0.380 e. The van der Waals surface area contributed by atoms with Crippen molar-refractivity contribution in [2.24, 2.45) is 0 Å².